The fourth-order valence-corrected chi connectivity index (χ4v) is 2.22. The van der Waals surface area contributed by atoms with Crippen molar-refractivity contribution in [2.24, 2.45) is 0 Å². The van der Waals surface area contributed by atoms with E-state index in [9.17, 15) is 0 Å². The average molecular weight is 284 g/mol. The van der Waals surface area contributed by atoms with Crippen LogP contribution in [0.5, 0.6) is 0 Å². The molecule has 1 atom stereocenters. The molecule has 0 saturated carbocycles. The summed E-state index contributed by atoms with van der Waals surface area (Å²) in [5, 5.41) is 6.56. The van der Waals surface area contributed by atoms with Crippen LogP contribution in [0, 0.1) is 6.92 Å². The van der Waals surface area contributed by atoms with Crippen LogP contribution in [0.15, 0.2) is 36.5 Å². The molecule has 0 amide bonds. The zero-order valence-electron chi connectivity index (χ0n) is 13.1. The summed E-state index contributed by atoms with van der Waals surface area (Å²) in [6.07, 6.45) is 2.93. The van der Waals surface area contributed by atoms with Gasteiger partial charge in [0.1, 0.15) is 5.82 Å². The van der Waals surface area contributed by atoms with Crippen LogP contribution in [0.2, 0.25) is 0 Å². The smallest absolute Gasteiger partial charge is 0.224 e. The summed E-state index contributed by atoms with van der Waals surface area (Å²) in [5.74, 6) is 2.14. The van der Waals surface area contributed by atoms with E-state index in [1.807, 2.05) is 20.0 Å². The monoisotopic (exact) mass is 284 g/mol. The van der Waals surface area contributed by atoms with Crippen molar-refractivity contribution in [1.82, 2.24) is 9.97 Å². The molecule has 0 saturated heterocycles. The van der Waals surface area contributed by atoms with Gasteiger partial charge in [-0.2, -0.15) is 4.98 Å². The largest absolute Gasteiger partial charge is 0.370 e. The topological polar surface area (TPSA) is 49.8 Å². The molecular formula is C17H24N4. The van der Waals surface area contributed by atoms with E-state index in [2.05, 4.69) is 57.9 Å². The predicted molar refractivity (Wildman–Crippen MR) is 88.9 cm³/mol. The standard InChI is InChI=1S/C17H24N4/c1-4-18-17-20-12-14(3)16(21-17)19-11-10-13(2)15-8-6-5-7-9-15/h5-9,12-13H,4,10-11H2,1-3H3,(H2,18,19,20,21). The van der Waals surface area contributed by atoms with Gasteiger partial charge >= 0.3 is 0 Å². The number of aromatic nitrogens is 2. The number of hydrogen-bond acceptors (Lipinski definition) is 4. The SMILES string of the molecule is CCNc1ncc(C)c(NCCC(C)c2ccccc2)n1. The number of benzene rings is 1. The van der Waals surface area contributed by atoms with Crippen LogP contribution in [-0.4, -0.2) is 23.1 Å². The third kappa shape index (κ3) is 4.45. The lowest BCUT2D eigenvalue weighted by atomic mass is 9.98. The maximum atomic E-state index is 4.50. The quantitative estimate of drug-likeness (QED) is 0.811. The molecule has 2 N–H and O–H groups in total. The molecule has 0 aliphatic rings. The fraction of sp³-hybridized carbons (Fsp3) is 0.412. The Hall–Kier alpha value is -2.10. The summed E-state index contributed by atoms with van der Waals surface area (Å²) >= 11 is 0. The summed E-state index contributed by atoms with van der Waals surface area (Å²) < 4.78 is 0. The van der Waals surface area contributed by atoms with E-state index in [0.29, 0.717) is 11.9 Å². The van der Waals surface area contributed by atoms with Gasteiger partial charge in [0, 0.05) is 24.8 Å². The lowest BCUT2D eigenvalue weighted by Crippen LogP contribution is -2.10. The Morgan fingerprint density at radius 3 is 2.62 bits per heavy atom. The molecule has 112 valence electrons. The van der Waals surface area contributed by atoms with Crippen molar-refractivity contribution in [1.29, 1.82) is 0 Å². The van der Waals surface area contributed by atoms with E-state index in [1.54, 1.807) is 0 Å². The van der Waals surface area contributed by atoms with Gasteiger partial charge in [0.15, 0.2) is 0 Å². The van der Waals surface area contributed by atoms with E-state index in [4.69, 9.17) is 0 Å². The first-order chi connectivity index (χ1) is 10.2. The molecule has 1 unspecified atom stereocenters. The second-order valence-electron chi connectivity index (χ2n) is 5.28. The van der Waals surface area contributed by atoms with Crippen molar-refractivity contribution in [2.45, 2.75) is 33.1 Å². The molecule has 2 rings (SSSR count). The Morgan fingerprint density at radius 1 is 1.14 bits per heavy atom. The molecule has 4 heteroatoms. The molecule has 21 heavy (non-hydrogen) atoms. The van der Waals surface area contributed by atoms with E-state index in [1.165, 1.54) is 5.56 Å². The molecule has 0 fully saturated rings. The second-order valence-corrected chi connectivity index (χ2v) is 5.28. The maximum Gasteiger partial charge on any atom is 0.224 e. The molecular weight excluding hydrogens is 260 g/mol. The molecule has 0 bridgehead atoms. The number of nitrogens with one attached hydrogen (secondary N) is 2. The van der Waals surface area contributed by atoms with Crippen molar-refractivity contribution in [3.8, 4) is 0 Å². The highest BCUT2D eigenvalue weighted by molar-refractivity contribution is 5.46. The molecule has 1 aromatic carbocycles. The first-order valence-electron chi connectivity index (χ1n) is 7.57. The number of nitrogens with zero attached hydrogens (tertiary/aromatic N) is 2. The minimum absolute atomic E-state index is 0.536. The summed E-state index contributed by atoms with van der Waals surface area (Å²) in [4.78, 5) is 8.76. The Bertz CT molecular complexity index is 554. The molecule has 0 radical (unpaired) electrons. The minimum atomic E-state index is 0.536. The molecule has 2 aromatic rings. The van der Waals surface area contributed by atoms with Gasteiger partial charge in [-0.25, -0.2) is 4.98 Å². The minimum Gasteiger partial charge on any atom is -0.370 e. The van der Waals surface area contributed by atoms with Crippen LogP contribution >= 0.6 is 0 Å². The molecule has 0 spiro atoms. The van der Waals surface area contributed by atoms with Crippen LogP contribution in [0.1, 0.15) is 37.3 Å². The summed E-state index contributed by atoms with van der Waals surface area (Å²) in [6.45, 7) is 8.05. The van der Waals surface area contributed by atoms with Gasteiger partial charge in [-0.3, -0.25) is 0 Å². The van der Waals surface area contributed by atoms with Crippen molar-refractivity contribution < 1.29 is 0 Å². The van der Waals surface area contributed by atoms with Crippen LogP contribution in [0.4, 0.5) is 11.8 Å². The van der Waals surface area contributed by atoms with Gasteiger partial charge in [0.2, 0.25) is 5.95 Å². The third-order valence-corrected chi connectivity index (χ3v) is 3.55. The van der Waals surface area contributed by atoms with Crippen molar-refractivity contribution in [3.05, 3.63) is 47.7 Å². The molecule has 4 nitrogen and oxygen atoms in total. The van der Waals surface area contributed by atoms with Crippen molar-refractivity contribution in [3.63, 3.8) is 0 Å². The van der Waals surface area contributed by atoms with Gasteiger partial charge in [-0.15, -0.1) is 0 Å². The lowest BCUT2D eigenvalue weighted by Gasteiger charge is -2.14. The summed E-state index contributed by atoms with van der Waals surface area (Å²) in [6, 6.07) is 10.6. The summed E-state index contributed by atoms with van der Waals surface area (Å²) in [5.41, 5.74) is 2.45. The molecule has 0 aliphatic heterocycles. The Kier molecular flexibility index (Phi) is 5.55. The van der Waals surface area contributed by atoms with Crippen LogP contribution in [-0.2, 0) is 0 Å². The average Bonchev–Trinajstić information content (AvgIpc) is 2.51. The lowest BCUT2D eigenvalue weighted by molar-refractivity contribution is 0.704. The first kappa shape index (κ1) is 15.3. The molecule has 0 aliphatic carbocycles. The highest BCUT2D eigenvalue weighted by Gasteiger charge is 2.06. The highest BCUT2D eigenvalue weighted by Crippen LogP contribution is 2.19. The third-order valence-electron chi connectivity index (χ3n) is 3.55. The van der Waals surface area contributed by atoms with Crippen LogP contribution in [0.3, 0.4) is 0 Å². The van der Waals surface area contributed by atoms with E-state index in [-0.39, 0.29) is 0 Å². The number of rotatable bonds is 7. The second kappa shape index (κ2) is 7.62. The predicted octanol–water partition coefficient (Wildman–Crippen LogP) is 3.82. The van der Waals surface area contributed by atoms with Gasteiger partial charge in [0.25, 0.3) is 0 Å². The van der Waals surface area contributed by atoms with Crippen molar-refractivity contribution in [2.75, 3.05) is 23.7 Å². The van der Waals surface area contributed by atoms with Gasteiger partial charge in [-0.05, 0) is 31.7 Å². The zero-order chi connectivity index (χ0) is 15.1. The first-order valence-corrected chi connectivity index (χ1v) is 7.57. The normalized spacial score (nSPS) is 12.0. The Balaban J connectivity index is 1.89. The van der Waals surface area contributed by atoms with Gasteiger partial charge < -0.3 is 10.6 Å². The Morgan fingerprint density at radius 2 is 1.90 bits per heavy atom. The van der Waals surface area contributed by atoms with E-state index < -0.39 is 0 Å². The highest BCUT2D eigenvalue weighted by atomic mass is 15.1. The van der Waals surface area contributed by atoms with Gasteiger partial charge in [-0.1, -0.05) is 37.3 Å². The maximum absolute atomic E-state index is 4.50. The fourth-order valence-electron chi connectivity index (χ4n) is 2.22. The molecule has 1 heterocycles. The zero-order valence-corrected chi connectivity index (χ0v) is 13.1. The van der Waals surface area contributed by atoms with E-state index >= 15 is 0 Å². The number of aryl methyl sites for hydroxylation is 1. The molecule has 1 aromatic heterocycles. The Labute approximate surface area is 127 Å². The van der Waals surface area contributed by atoms with Gasteiger partial charge in [0.05, 0.1) is 0 Å². The van der Waals surface area contributed by atoms with Crippen molar-refractivity contribution >= 4 is 11.8 Å². The van der Waals surface area contributed by atoms with Crippen LogP contribution in [0.25, 0.3) is 0 Å². The van der Waals surface area contributed by atoms with E-state index in [0.717, 1.165) is 30.9 Å². The summed E-state index contributed by atoms with van der Waals surface area (Å²) in [7, 11) is 0. The number of anilines is 2. The number of hydrogen-bond donors (Lipinski definition) is 2. The van der Waals surface area contributed by atoms with Crippen LogP contribution < -0.4 is 10.6 Å².